The van der Waals surface area contributed by atoms with Gasteiger partial charge in [-0.25, -0.2) is 4.39 Å². The zero-order valence-electron chi connectivity index (χ0n) is 12.1. The molecule has 0 amide bonds. The Hall–Kier alpha value is -0.860. The molecule has 0 radical (unpaired) electrons. The van der Waals surface area contributed by atoms with E-state index in [0.717, 1.165) is 24.9 Å². The maximum Gasteiger partial charge on any atom is 0.142 e. The Balaban J connectivity index is 2.31. The Kier molecular flexibility index (Phi) is 6.06. The first-order valence-electron chi connectivity index (χ1n) is 7.60. The maximum atomic E-state index is 13.7. The van der Waals surface area contributed by atoms with Crippen molar-refractivity contribution in [3.63, 3.8) is 0 Å². The molecule has 1 aromatic rings. The third-order valence-electron chi connectivity index (χ3n) is 3.90. The lowest BCUT2D eigenvalue weighted by atomic mass is 9.91. The predicted octanol–water partition coefficient (Wildman–Crippen LogP) is 5.41. The lowest BCUT2D eigenvalue weighted by molar-refractivity contribution is 0.549. The largest absolute Gasteiger partial charge is 0.307 e. The molecule has 0 fully saturated rings. The minimum Gasteiger partial charge on any atom is -0.307 e. The Bertz CT molecular complexity index is 470. The number of rotatable bonds is 4. The van der Waals surface area contributed by atoms with Crippen LogP contribution in [0.15, 0.2) is 29.8 Å². The molecule has 0 saturated heterocycles. The monoisotopic (exact) mass is 295 g/mol. The number of likely N-dealkylation sites (N-methyl/N-ethyl adjacent to an activating group) is 1. The van der Waals surface area contributed by atoms with Gasteiger partial charge >= 0.3 is 0 Å². The molecule has 1 aliphatic carbocycles. The van der Waals surface area contributed by atoms with E-state index in [-0.39, 0.29) is 16.9 Å². The number of nitrogens with one attached hydrogen (secondary N) is 1. The summed E-state index contributed by atoms with van der Waals surface area (Å²) in [4.78, 5) is 0. The third-order valence-corrected chi connectivity index (χ3v) is 4.30. The minimum atomic E-state index is -0.335. The second-order valence-electron chi connectivity index (χ2n) is 5.37. The molecule has 3 heteroatoms. The highest BCUT2D eigenvalue weighted by Crippen LogP contribution is 2.33. The van der Waals surface area contributed by atoms with Crippen LogP contribution in [0, 0.1) is 5.82 Å². The Morgan fingerprint density at radius 1 is 1.25 bits per heavy atom. The molecule has 0 saturated carbocycles. The van der Waals surface area contributed by atoms with Crippen LogP contribution >= 0.6 is 11.6 Å². The molecule has 0 aliphatic heterocycles. The quantitative estimate of drug-likeness (QED) is 0.732. The van der Waals surface area contributed by atoms with Gasteiger partial charge in [0.1, 0.15) is 5.82 Å². The Morgan fingerprint density at radius 3 is 2.85 bits per heavy atom. The summed E-state index contributed by atoms with van der Waals surface area (Å²) >= 11 is 6.17. The van der Waals surface area contributed by atoms with Gasteiger partial charge in [0, 0.05) is 0 Å². The molecule has 20 heavy (non-hydrogen) atoms. The van der Waals surface area contributed by atoms with E-state index < -0.39 is 0 Å². The second-order valence-corrected chi connectivity index (χ2v) is 5.74. The topological polar surface area (TPSA) is 12.0 Å². The van der Waals surface area contributed by atoms with Crippen LogP contribution < -0.4 is 5.32 Å². The average Bonchev–Trinajstić information content (AvgIpc) is 2.40. The molecule has 1 aliphatic rings. The number of hydrogen-bond acceptors (Lipinski definition) is 1. The van der Waals surface area contributed by atoms with Crippen molar-refractivity contribution in [2.24, 2.45) is 0 Å². The van der Waals surface area contributed by atoms with Gasteiger partial charge in [-0.2, -0.15) is 0 Å². The summed E-state index contributed by atoms with van der Waals surface area (Å²) in [5.74, 6) is -0.335. The molecule has 1 unspecified atom stereocenters. The third kappa shape index (κ3) is 3.83. The normalized spacial score (nSPS) is 20.6. The summed E-state index contributed by atoms with van der Waals surface area (Å²) in [5.41, 5.74) is 2.22. The first-order valence-corrected chi connectivity index (χ1v) is 7.98. The van der Waals surface area contributed by atoms with Gasteiger partial charge in [0.15, 0.2) is 0 Å². The van der Waals surface area contributed by atoms with E-state index in [2.05, 4.69) is 18.3 Å². The van der Waals surface area contributed by atoms with Gasteiger partial charge in [-0.05, 0) is 43.9 Å². The van der Waals surface area contributed by atoms with Crippen LogP contribution in [-0.2, 0) is 0 Å². The van der Waals surface area contributed by atoms with Gasteiger partial charge in [0.05, 0.1) is 11.1 Å². The average molecular weight is 296 g/mol. The molecule has 0 bridgehead atoms. The minimum absolute atomic E-state index is 0.0429. The lowest BCUT2D eigenvalue weighted by Gasteiger charge is -2.24. The van der Waals surface area contributed by atoms with Gasteiger partial charge in [-0.1, -0.05) is 55.1 Å². The zero-order valence-corrected chi connectivity index (χ0v) is 12.8. The van der Waals surface area contributed by atoms with E-state index in [1.54, 1.807) is 6.07 Å². The Labute approximate surface area is 126 Å². The van der Waals surface area contributed by atoms with E-state index >= 15 is 0 Å². The standard InChI is InChI=1S/C17H23ClFN/c1-2-20-17(13-9-6-4-3-5-7-10-13)14-11-8-12-15(19)16(14)18/h8-9,11-12,17,20H,2-7,10H2,1H3/b13-9+. The van der Waals surface area contributed by atoms with Gasteiger partial charge in [0.25, 0.3) is 0 Å². The lowest BCUT2D eigenvalue weighted by Crippen LogP contribution is -2.23. The second kappa shape index (κ2) is 7.80. The van der Waals surface area contributed by atoms with E-state index in [0.29, 0.717) is 0 Å². The fourth-order valence-corrected chi connectivity index (χ4v) is 3.10. The summed E-state index contributed by atoms with van der Waals surface area (Å²) in [6.45, 7) is 2.92. The van der Waals surface area contributed by atoms with E-state index in [4.69, 9.17) is 11.6 Å². The summed E-state index contributed by atoms with van der Waals surface area (Å²) in [6, 6.07) is 5.13. The molecule has 2 rings (SSSR count). The number of allylic oxidation sites excluding steroid dienone is 1. The molecular weight excluding hydrogens is 273 g/mol. The van der Waals surface area contributed by atoms with Gasteiger partial charge in [-0.15, -0.1) is 0 Å². The van der Waals surface area contributed by atoms with E-state index in [1.165, 1.54) is 37.3 Å². The van der Waals surface area contributed by atoms with Crippen LogP contribution in [0.4, 0.5) is 4.39 Å². The highest BCUT2D eigenvalue weighted by atomic mass is 35.5. The van der Waals surface area contributed by atoms with Crippen LogP contribution in [0.1, 0.15) is 57.1 Å². The van der Waals surface area contributed by atoms with Crippen LogP contribution in [0.25, 0.3) is 0 Å². The van der Waals surface area contributed by atoms with Gasteiger partial charge in [0.2, 0.25) is 0 Å². The maximum absolute atomic E-state index is 13.7. The summed E-state index contributed by atoms with van der Waals surface area (Å²) in [5, 5.41) is 3.72. The van der Waals surface area contributed by atoms with Crippen molar-refractivity contribution < 1.29 is 4.39 Å². The van der Waals surface area contributed by atoms with Crippen LogP contribution in [0.5, 0.6) is 0 Å². The molecule has 0 aromatic heterocycles. The van der Waals surface area contributed by atoms with Crippen molar-refractivity contribution in [1.82, 2.24) is 5.32 Å². The summed E-state index contributed by atoms with van der Waals surface area (Å²) in [6.07, 6.45) is 9.58. The summed E-state index contributed by atoms with van der Waals surface area (Å²) in [7, 11) is 0. The highest BCUT2D eigenvalue weighted by Gasteiger charge is 2.20. The van der Waals surface area contributed by atoms with Gasteiger partial charge in [-0.3, -0.25) is 0 Å². The zero-order chi connectivity index (χ0) is 14.4. The van der Waals surface area contributed by atoms with Crippen molar-refractivity contribution in [3.05, 3.63) is 46.3 Å². The summed E-state index contributed by atoms with van der Waals surface area (Å²) < 4.78 is 13.7. The van der Waals surface area contributed by atoms with Crippen molar-refractivity contribution >= 4 is 11.6 Å². The first kappa shape index (κ1) is 15.5. The first-order chi connectivity index (χ1) is 9.74. The van der Waals surface area contributed by atoms with E-state index in [1.807, 2.05) is 6.07 Å². The smallest absolute Gasteiger partial charge is 0.142 e. The molecule has 1 N–H and O–H groups in total. The SMILES string of the molecule is CCNC(/C1=C/CCCCCC1)c1cccc(F)c1Cl. The van der Waals surface area contributed by atoms with Crippen molar-refractivity contribution in [3.8, 4) is 0 Å². The molecule has 1 atom stereocenters. The fraction of sp³-hybridized carbons (Fsp3) is 0.529. The molecule has 0 heterocycles. The molecule has 0 spiro atoms. The molecule has 1 aromatic carbocycles. The van der Waals surface area contributed by atoms with Crippen LogP contribution in [-0.4, -0.2) is 6.54 Å². The van der Waals surface area contributed by atoms with E-state index in [9.17, 15) is 4.39 Å². The van der Waals surface area contributed by atoms with Crippen molar-refractivity contribution in [1.29, 1.82) is 0 Å². The molecular formula is C17H23ClFN. The van der Waals surface area contributed by atoms with Crippen LogP contribution in [0.3, 0.4) is 0 Å². The van der Waals surface area contributed by atoms with Crippen LogP contribution in [0.2, 0.25) is 5.02 Å². The number of halogens is 2. The highest BCUT2D eigenvalue weighted by molar-refractivity contribution is 6.31. The van der Waals surface area contributed by atoms with Gasteiger partial charge < -0.3 is 5.32 Å². The number of benzene rings is 1. The predicted molar refractivity (Wildman–Crippen MR) is 83.6 cm³/mol. The molecule has 1 nitrogen and oxygen atoms in total. The fourth-order valence-electron chi connectivity index (χ4n) is 2.87. The van der Waals surface area contributed by atoms with Crippen molar-refractivity contribution in [2.75, 3.05) is 6.54 Å². The van der Waals surface area contributed by atoms with Crippen molar-refractivity contribution in [2.45, 2.75) is 51.5 Å². The Morgan fingerprint density at radius 2 is 2.05 bits per heavy atom. The molecule has 110 valence electrons. The number of hydrogen-bond donors (Lipinski definition) is 1.